The molecule has 4 rings (SSSR count). The zero-order chi connectivity index (χ0) is 23.6. The molecule has 0 aliphatic carbocycles. The van der Waals surface area contributed by atoms with Crippen LogP contribution in [0.4, 0.5) is 4.79 Å². The predicted molar refractivity (Wildman–Crippen MR) is 126 cm³/mol. The fourth-order valence-corrected chi connectivity index (χ4v) is 4.66. The molecule has 1 saturated heterocycles. The van der Waals surface area contributed by atoms with Crippen LogP contribution in [0.1, 0.15) is 34.5 Å². The number of urea groups is 1. The highest BCUT2D eigenvalue weighted by molar-refractivity contribution is 7.10. The number of carbonyl (C=O) groups excluding carboxylic acids is 3. The van der Waals surface area contributed by atoms with Gasteiger partial charge < -0.3 is 15.4 Å². The van der Waals surface area contributed by atoms with Gasteiger partial charge in [-0.2, -0.15) is 0 Å². The molecule has 2 aromatic carbocycles. The van der Waals surface area contributed by atoms with Gasteiger partial charge in [-0.25, -0.2) is 4.79 Å². The zero-order valence-electron chi connectivity index (χ0n) is 18.6. The Morgan fingerprint density at radius 1 is 1.15 bits per heavy atom. The fraction of sp³-hybridized carbons (Fsp3) is 0.240. The van der Waals surface area contributed by atoms with Crippen molar-refractivity contribution in [2.75, 3.05) is 13.7 Å². The Bertz CT molecular complexity index is 1180. The van der Waals surface area contributed by atoms with E-state index in [4.69, 9.17) is 4.74 Å². The number of nitrogens with zero attached hydrogens (tertiary/aromatic N) is 1. The molecular formula is C25H25N3O4S. The van der Waals surface area contributed by atoms with Gasteiger partial charge in [0.15, 0.2) is 0 Å². The van der Waals surface area contributed by atoms with Crippen LogP contribution in [0.25, 0.3) is 0 Å². The van der Waals surface area contributed by atoms with E-state index < -0.39 is 23.4 Å². The standard InChI is InChI=1S/C25H25N3O4S/c1-16-9-11-17(12-10-16)22(20-8-5-13-33-20)26-21(29)15-28-23(30)25(2,27-24(28)31)18-6-4-7-19(14-18)32-3/h4-14,22H,15H2,1-3H3,(H,26,29)(H,27,31)/t22-,25+/m1/s1. The summed E-state index contributed by atoms with van der Waals surface area (Å²) in [4.78, 5) is 40.8. The number of hydrogen-bond donors (Lipinski definition) is 2. The molecule has 3 aromatic rings. The molecule has 0 spiro atoms. The van der Waals surface area contributed by atoms with Crippen molar-refractivity contribution in [2.45, 2.75) is 25.4 Å². The Kier molecular flexibility index (Phi) is 6.20. The van der Waals surface area contributed by atoms with Gasteiger partial charge in [0.1, 0.15) is 17.8 Å². The second-order valence-corrected chi connectivity index (χ2v) is 9.08. The van der Waals surface area contributed by atoms with Crippen LogP contribution in [-0.4, -0.2) is 36.4 Å². The third-order valence-corrected chi connectivity index (χ3v) is 6.70. The predicted octanol–water partition coefficient (Wildman–Crippen LogP) is 3.74. The van der Waals surface area contributed by atoms with Crippen molar-refractivity contribution in [1.29, 1.82) is 0 Å². The largest absolute Gasteiger partial charge is 0.497 e. The van der Waals surface area contributed by atoms with E-state index in [9.17, 15) is 14.4 Å². The number of ether oxygens (including phenoxy) is 1. The summed E-state index contributed by atoms with van der Waals surface area (Å²) in [6, 6.07) is 17.7. The van der Waals surface area contributed by atoms with Gasteiger partial charge >= 0.3 is 6.03 Å². The average molecular weight is 464 g/mol. The number of hydrogen-bond acceptors (Lipinski definition) is 5. The molecule has 1 aromatic heterocycles. The Morgan fingerprint density at radius 2 is 1.91 bits per heavy atom. The number of rotatable bonds is 7. The molecule has 0 radical (unpaired) electrons. The minimum atomic E-state index is -1.28. The monoisotopic (exact) mass is 463 g/mol. The van der Waals surface area contributed by atoms with Crippen molar-refractivity contribution in [3.63, 3.8) is 0 Å². The van der Waals surface area contributed by atoms with Gasteiger partial charge in [-0.05, 0) is 48.6 Å². The summed E-state index contributed by atoms with van der Waals surface area (Å²) in [5.74, 6) is -0.338. The first-order valence-corrected chi connectivity index (χ1v) is 11.4. The minimum absolute atomic E-state index is 0.372. The fourth-order valence-electron chi connectivity index (χ4n) is 3.85. The number of nitrogens with one attached hydrogen (secondary N) is 2. The molecule has 0 bridgehead atoms. The van der Waals surface area contributed by atoms with E-state index >= 15 is 0 Å². The van der Waals surface area contributed by atoms with Crippen LogP contribution in [0.15, 0.2) is 66.0 Å². The van der Waals surface area contributed by atoms with Crippen LogP contribution in [0.5, 0.6) is 5.75 Å². The summed E-state index contributed by atoms with van der Waals surface area (Å²) in [7, 11) is 1.53. The summed E-state index contributed by atoms with van der Waals surface area (Å²) >= 11 is 1.53. The molecule has 2 N–H and O–H groups in total. The molecule has 1 aliphatic heterocycles. The van der Waals surface area contributed by atoms with Crippen LogP contribution in [0.2, 0.25) is 0 Å². The lowest BCUT2D eigenvalue weighted by Crippen LogP contribution is -2.44. The quantitative estimate of drug-likeness (QED) is 0.523. The van der Waals surface area contributed by atoms with Crippen molar-refractivity contribution >= 4 is 29.2 Å². The van der Waals surface area contributed by atoms with Crippen LogP contribution >= 0.6 is 11.3 Å². The second-order valence-electron chi connectivity index (χ2n) is 8.11. The Labute approximate surface area is 196 Å². The average Bonchev–Trinajstić information content (AvgIpc) is 3.42. The number of benzene rings is 2. The van der Waals surface area contributed by atoms with E-state index in [-0.39, 0.29) is 12.6 Å². The first kappa shape index (κ1) is 22.5. The van der Waals surface area contributed by atoms with Gasteiger partial charge in [-0.1, -0.05) is 48.0 Å². The highest BCUT2D eigenvalue weighted by atomic mass is 32.1. The highest BCUT2D eigenvalue weighted by Gasteiger charge is 2.49. The van der Waals surface area contributed by atoms with Crippen LogP contribution < -0.4 is 15.4 Å². The molecule has 2 heterocycles. The third-order valence-electron chi connectivity index (χ3n) is 5.77. The zero-order valence-corrected chi connectivity index (χ0v) is 19.4. The number of methoxy groups -OCH3 is 1. The van der Waals surface area contributed by atoms with E-state index in [1.807, 2.05) is 48.7 Å². The maximum absolute atomic E-state index is 13.2. The second kappa shape index (κ2) is 9.07. The SMILES string of the molecule is COc1cccc([C@]2(C)NC(=O)N(CC(=O)N[C@H](c3ccc(C)cc3)c3cccs3)C2=O)c1. The molecule has 1 fully saturated rings. The van der Waals surface area contributed by atoms with Crippen LogP contribution in [-0.2, 0) is 15.1 Å². The molecule has 0 saturated carbocycles. The van der Waals surface area contributed by atoms with Crippen LogP contribution in [0.3, 0.4) is 0 Å². The Hall–Kier alpha value is -3.65. The minimum Gasteiger partial charge on any atom is -0.497 e. The normalized spacial score (nSPS) is 18.7. The van der Waals surface area contributed by atoms with Gasteiger partial charge in [-0.15, -0.1) is 11.3 Å². The molecule has 2 atom stereocenters. The van der Waals surface area contributed by atoms with E-state index in [2.05, 4.69) is 10.6 Å². The molecule has 170 valence electrons. The van der Waals surface area contributed by atoms with E-state index in [1.165, 1.54) is 18.4 Å². The molecule has 7 nitrogen and oxygen atoms in total. The summed E-state index contributed by atoms with van der Waals surface area (Å²) in [6.45, 7) is 3.25. The summed E-state index contributed by atoms with van der Waals surface area (Å²) in [5, 5.41) is 7.66. The Morgan fingerprint density at radius 3 is 2.58 bits per heavy atom. The lowest BCUT2D eigenvalue weighted by Gasteiger charge is -2.23. The molecule has 8 heteroatoms. The van der Waals surface area contributed by atoms with Gasteiger partial charge in [0.2, 0.25) is 5.91 Å². The summed E-state index contributed by atoms with van der Waals surface area (Å²) in [6.07, 6.45) is 0. The lowest BCUT2D eigenvalue weighted by molar-refractivity contribution is -0.135. The molecule has 4 amide bonds. The maximum Gasteiger partial charge on any atom is 0.325 e. The summed E-state index contributed by atoms with van der Waals surface area (Å²) in [5.41, 5.74) is 1.34. The molecule has 0 unspecified atom stereocenters. The number of thiophene rings is 1. The number of aryl methyl sites for hydroxylation is 1. The Balaban J connectivity index is 1.53. The highest BCUT2D eigenvalue weighted by Crippen LogP contribution is 2.31. The topological polar surface area (TPSA) is 87.7 Å². The third kappa shape index (κ3) is 4.47. The van der Waals surface area contributed by atoms with E-state index in [1.54, 1.807) is 31.2 Å². The maximum atomic E-state index is 13.2. The number of amides is 4. The first-order valence-electron chi connectivity index (χ1n) is 10.5. The molecule has 33 heavy (non-hydrogen) atoms. The number of imide groups is 1. The van der Waals surface area contributed by atoms with Gasteiger partial charge in [0, 0.05) is 4.88 Å². The molecular weight excluding hydrogens is 438 g/mol. The lowest BCUT2D eigenvalue weighted by atomic mass is 9.92. The van der Waals surface area contributed by atoms with Gasteiger partial charge in [-0.3, -0.25) is 14.5 Å². The van der Waals surface area contributed by atoms with Crippen molar-refractivity contribution in [3.8, 4) is 5.75 Å². The molecule has 1 aliphatic rings. The smallest absolute Gasteiger partial charge is 0.325 e. The van der Waals surface area contributed by atoms with Gasteiger partial charge in [0.05, 0.1) is 13.2 Å². The van der Waals surface area contributed by atoms with Crippen LogP contribution in [0, 0.1) is 6.92 Å². The van der Waals surface area contributed by atoms with Crippen molar-refractivity contribution in [2.24, 2.45) is 0 Å². The summed E-state index contributed by atoms with van der Waals surface area (Å²) < 4.78 is 5.24. The van der Waals surface area contributed by atoms with Crippen molar-refractivity contribution < 1.29 is 19.1 Å². The van der Waals surface area contributed by atoms with Gasteiger partial charge in [0.25, 0.3) is 5.91 Å². The first-order chi connectivity index (χ1) is 15.8. The van der Waals surface area contributed by atoms with Crippen molar-refractivity contribution in [3.05, 3.63) is 87.6 Å². The van der Waals surface area contributed by atoms with E-state index in [0.717, 1.165) is 20.9 Å². The van der Waals surface area contributed by atoms with E-state index in [0.29, 0.717) is 11.3 Å². The van der Waals surface area contributed by atoms with Crippen molar-refractivity contribution in [1.82, 2.24) is 15.5 Å². The number of carbonyl (C=O) groups is 3.